The van der Waals surface area contributed by atoms with Crippen molar-refractivity contribution in [2.75, 3.05) is 11.5 Å². The van der Waals surface area contributed by atoms with Gasteiger partial charge in [-0.2, -0.15) is 0 Å². The zero-order valence-corrected chi connectivity index (χ0v) is 14.1. The quantitative estimate of drug-likeness (QED) is 0.607. The number of rotatable bonds is 1. The van der Waals surface area contributed by atoms with E-state index in [-0.39, 0.29) is 0 Å². The van der Waals surface area contributed by atoms with Crippen molar-refractivity contribution in [3.63, 3.8) is 0 Å². The number of fused-ring (bicyclic) bond motifs is 3. The van der Waals surface area contributed by atoms with Crippen LogP contribution in [0, 0.1) is 6.92 Å². The number of ether oxygens (including phenoxy) is 2. The highest BCUT2D eigenvalue weighted by atomic mass is 16.5. The fourth-order valence-corrected chi connectivity index (χ4v) is 3.64. The van der Waals surface area contributed by atoms with Crippen LogP contribution in [0.2, 0.25) is 0 Å². The minimum absolute atomic E-state index is 0.522. The number of aryl methyl sites for hydroxylation is 2. The van der Waals surface area contributed by atoms with Gasteiger partial charge in [-0.05, 0) is 37.5 Å². The molecule has 0 unspecified atom stereocenters. The monoisotopic (exact) mass is 333 g/mol. The summed E-state index contributed by atoms with van der Waals surface area (Å²) in [6.07, 6.45) is 2.10. The van der Waals surface area contributed by atoms with Crippen molar-refractivity contribution in [2.45, 2.75) is 26.4 Å². The van der Waals surface area contributed by atoms with Crippen molar-refractivity contribution in [1.29, 1.82) is 0 Å². The van der Waals surface area contributed by atoms with Crippen LogP contribution in [0.5, 0.6) is 11.5 Å². The molecule has 0 saturated heterocycles. The number of benzene rings is 2. The molecule has 3 heterocycles. The second kappa shape index (κ2) is 5.59. The molecule has 0 fully saturated rings. The highest BCUT2D eigenvalue weighted by Gasteiger charge is 2.30. The minimum atomic E-state index is 0.522. The van der Waals surface area contributed by atoms with Crippen LogP contribution in [0.1, 0.15) is 23.3 Å². The fourth-order valence-electron chi connectivity index (χ4n) is 3.64. The van der Waals surface area contributed by atoms with Crippen molar-refractivity contribution in [3.8, 4) is 11.5 Å². The molecule has 4 nitrogen and oxygen atoms in total. The molecule has 0 N–H and O–H groups in total. The number of hydrogen-bond acceptors (Lipinski definition) is 4. The molecule has 2 aliphatic rings. The molecule has 25 heavy (non-hydrogen) atoms. The zero-order chi connectivity index (χ0) is 16.8. The molecule has 2 aromatic carbocycles. The van der Waals surface area contributed by atoms with Crippen LogP contribution < -0.4 is 14.4 Å². The molecular formula is C21H19NO3. The summed E-state index contributed by atoms with van der Waals surface area (Å²) < 4.78 is 18.1. The van der Waals surface area contributed by atoms with Crippen molar-refractivity contribution in [3.05, 3.63) is 65.4 Å². The van der Waals surface area contributed by atoms with Gasteiger partial charge in [-0.25, -0.2) is 0 Å². The van der Waals surface area contributed by atoms with E-state index in [1.807, 2.05) is 25.1 Å². The van der Waals surface area contributed by atoms with Crippen LogP contribution in [-0.2, 0) is 13.0 Å². The Morgan fingerprint density at radius 2 is 1.76 bits per heavy atom. The number of para-hydroxylation sites is 2. The van der Waals surface area contributed by atoms with Gasteiger partial charge in [0.05, 0.1) is 18.0 Å². The van der Waals surface area contributed by atoms with E-state index >= 15 is 0 Å². The molecule has 0 bridgehead atoms. The Morgan fingerprint density at radius 1 is 0.920 bits per heavy atom. The third-order valence-electron chi connectivity index (χ3n) is 4.78. The van der Waals surface area contributed by atoms with Crippen molar-refractivity contribution < 1.29 is 13.9 Å². The molecule has 1 aromatic heterocycles. The topological polar surface area (TPSA) is 34.8 Å². The summed E-state index contributed by atoms with van der Waals surface area (Å²) in [6.45, 7) is 3.22. The SMILES string of the molecule is Cc1cc2c(o1)N(c1cccc3c1OCCC3)c1ccccc1CO2. The normalized spacial score (nSPS) is 15.3. The Balaban J connectivity index is 1.78. The number of furan rings is 1. The fraction of sp³-hybridized carbons (Fsp3) is 0.238. The van der Waals surface area contributed by atoms with E-state index in [1.54, 1.807) is 0 Å². The molecule has 0 amide bonds. The predicted molar refractivity (Wildman–Crippen MR) is 96.3 cm³/mol. The van der Waals surface area contributed by atoms with E-state index in [2.05, 4.69) is 35.2 Å². The molecule has 0 radical (unpaired) electrons. The van der Waals surface area contributed by atoms with Gasteiger partial charge in [0.2, 0.25) is 5.88 Å². The molecule has 126 valence electrons. The third-order valence-corrected chi connectivity index (χ3v) is 4.78. The van der Waals surface area contributed by atoms with Crippen molar-refractivity contribution in [2.24, 2.45) is 0 Å². The van der Waals surface area contributed by atoms with Crippen LogP contribution in [0.15, 0.2) is 52.9 Å². The van der Waals surface area contributed by atoms with Crippen molar-refractivity contribution in [1.82, 2.24) is 0 Å². The molecule has 0 atom stereocenters. The summed E-state index contributed by atoms with van der Waals surface area (Å²) in [5, 5.41) is 0. The van der Waals surface area contributed by atoms with Gasteiger partial charge in [0.15, 0.2) is 5.75 Å². The summed E-state index contributed by atoms with van der Waals surface area (Å²) in [4.78, 5) is 2.13. The third kappa shape index (κ3) is 2.29. The summed E-state index contributed by atoms with van der Waals surface area (Å²) in [5.74, 6) is 3.26. The standard InChI is InChI=1S/C21H19NO3/c1-14-12-19-21(25-14)22(17-9-3-2-6-16(17)13-24-19)18-10-4-7-15-8-5-11-23-20(15)18/h2-4,6-7,9-10,12H,5,8,11,13H2,1H3. The van der Waals surface area contributed by atoms with Gasteiger partial charge < -0.3 is 13.9 Å². The Labute approximate surface area is 146 Å². The van der Waals surface area contributed by atoms with E-state index in [0.29, 0.717) is 12.5 Å². The molecular weight excluding hydrogens is 314 g/mol. The molecule has 0 aliphatic carbocycles. The molecule has 2 aliphatic heterocycles. The predicted octanol–water partition coefficient (Wildman–Crippen LogP) is 5.28. The van der Waals surface area contributed by atoms with Gasteiger partial charge >= 0.3 is 0 Å². The highest BCUT2D eigenvalue weighted by molar-refractivity contribution is 5.83. The average Bonchev–Trinajstić information content (AvgIpc) is 2.94. The van der Waals surface area contributed by atoms with E-state index in [0.717, 1.165) is 53.6 Å². The first kappa shape index (κ1) is 14.5. The van der Waals surface area contributed by atoms with Gasteiger partial charge in [0.1, 0.15) is 18.1 Å². The highest BCUT2D eigenvalue weighted by Crippen LogP contribution is 2.49. The van der Waals surface area contributed by atoms with Crippen LogP contribution in [0.4, 0.5) is 17.3 Å². The van der Waals surface area contributed by atoms with Crippen molar-refractivity contribution >= 4 is 17.3 Å². The lowest BCUT2D eigenvalue weighted by Gasteiger charge is -2.28. The van der Waals surface area contributed by atoms with E-state index < -0.39 is 0 Å². The summed E-state index contributed by atoms with van der Waals surface area (Å²) in [6, 6.07) is 16.6. The maximum atomic E-state index is 6.06. The van der Waals surface area contributed by atoms with Crippen LogP contribution in [-0.4, -0.2) is 6.61 Å². The lowest BCUT2D eigenvalue weighted by atomic mass is 10.0. The zero-order valence-electron chi connectivity index (χ0n) is 14.1. The summed E-state index contributed by atoms with van der Waals surface area (Å²) >= 11 is 0. The maximum Gasteiger partial charge on any atom is 0.247 e. The van der Waals surface area contributed by atoms with E-state index in [4.69, 9.17) is 13.9 Å². The number of hydrogen-bond donors (Lipinski definition) is 0. The van der Waals surface area contributed by atoms with Gasteiger partial charge in [-0.3, -0.25) is 4.90 Å². The molecule has 4 heteroatoms. The van der Waals surface area contributed by atoms with Crippen LogP contribution in [0.25, 0.3) is 0 Å². The smallest absolute Gasteiger partial charge is 0.247 e. The van der Waals surface area contributed by atoms with Gasteiger partial charge in [0.25, 0.3) is 0 Å². The van der Waals surface area contributed by atoms with E-state index in [1.165, 1.54) is 5.56 Å². The Kier molecular flexibility index (Phi) is 3.23. The first-order valence-electron chi connectivity index (χ1n) is 8.67. The second-order valence-corrected chi connectivity index (χ2v) is 6.50. The van der Waals surface area contributed by atoms with Crippen LogP contribution in [0.3, 0.4) is 0 Å². The van der Waals surface area contributed by atoms with Gasteiger partial charge in [-0.1, -0.05) is 30.3 Å². The van der Waals surface area contributed by atoms with Gasteiger partial charge in [-0.15, -0.1) is 0 Å². The lowest BCUT2D eigenvalue weighted by Crippen LogP contribution is -2.15. The average molecular weight is 333 g/mol. The minimum Gasteiger partial charge on any atom is -0.491 e. The van der Waals surface area contributed by atoms with E-state index in [9.17, 15) is 0 Å². The first-order valence-corrected chi connectivity index (χ1v) is 8.67. The molecule has 5 rings (SSSR count). The first-order chi connectivity index (χ1) is 12.3. The molecule has 0 saturated carbocycles. The Hall–Kier alpha value is -2.88. The Morgan fingerprint density at radius 3 is 2.72 bits per heavy atom. The molecule has 3 aromatic rings. The maximum absolute atomic E-state index is 6.06. The Bertz CT molecular complexity index is 944. The lowest BCUT2D eigenvalue weighted by molar-refractivity contribution is 0.289. The van der Waals surface area contributed by atoms with Crippen LogP contribution >= 0.6 is 0 Å². The summed E-state index contributed by atoms with van der Waals surface area (Å²) in [5.41, 5.74) is 4.44. The second-order valence-electron chi connectivity index (χ2n) is 6.50. The summed E-state index contributed by atoms with van der Waals surface area (Å²) in [7, 11) is 0. The number of anilines is 3. The number of nitrogens with zero attached hydrogens (tertiary/aromatic N) is 1. The molecule has 0 spiro atoms. The largest absolute Gasteiger partial charge is 0.491 e. The van der Waals surface area contributed by atoms with Gasteiger partial charge in [0, 0.05) is 11.6 Å².